The van der Waals surface area contributed by atoms with E-state index in [-0.39, 0.29) is 16.1 Å². The van der Waals surface area contributed by atoms with Crippen LogP contribution in [0.5, 0.6) is 0 Å². The molecule has 20 heavy (non-hydrogen) atoms. The van der Waals surface area contributed by atoms with Crippen LogP contribution in [-0.2, 0) is 0 Å². The molecule has 2 rings (SSSR count). The number of halogens is 1. The van der Waals surface area contributed by atoms with E-state index in [0.29, 0.717) is 5.03 Å². The molecule has 4 nitrogen and oxygen atoms in total. The third-order valence-corrected chi connectivity index (χ3v) is 3.61. The first-order valence-corrected chi connectivity index (χ1v) is 6.70. The number of nitrogens with two attached hydrogens (primary N) is 2. The molecule has 0 bridgehead atoms. The maximum absolute atomic E-state index is 13.9. The Labute approximate surface area is 120 Å². The number of rotatable bonds is 3. The Bertz CT molecular complexity index is 668. The highest BCUT2D eigenvalue weighted by Gasteiger charge is 2.13. The van der Waals surface area contributed by atoms with E-state index in [4.69, 9.17) is 11.5 Å². The van der Waals surface area contributed by atoms with Crippen LogP contribution in [-0.4, -0.2) is 10.9 Å². The van der Waals surface area contributed by atoms with Crippen LogP contribution in [0.2, 0.25) is 0 Å². The minimum absolute atomic E-state index is 0.0349. The van der Waals surface area contributed by atoms with Gasteiger partial charge in [-0.2, -0.15) is 0 Å². The number of hydrogen-bond donors (Lipinski definition) is 2. The molecule has 1 amide bonds. The summed E-state index contributed by atoms with van der Waals surface area (Å²) in [6.07, 6.45) is 0. The number of aryl methyl sites for hydroxylation is 2. The van der Waals surface area contributed by atoms with Crippen molar-refractivity contribution in [2.75, 3.05) is 5.73 Å². The predicted molar refractivity (Wildman–Crippen MR) is 77.2 cm³/mol. The fraction of sp³-hybridized carbons (Fsp3) is 0.143. The number of hydrogen-bond acceptors (Lipinski definition) is 4. The summed E-state index contributed by atoms with van der Waals surface area (Å²) >= 11 is 1.13. The summed E-state index contributed by atoms with van der Waals surface area (Å²) in [7, 11) is 0. The molecule has 104 valence electrons. The Morgan fingerprint density at radius 3 is 2.55 bits per heavy atom. The second-order valence-electron chi connectivity index (χ2n) is 4.46. The summed E-state index contributed by atoms with van der Waals surface area (Å²) in [6, 6.07) is 6.23. The molecule has 0 aliphatic carbocycles. The van der Waals surface area contributed by atoms with Crippen molar-refractivity contribution in [1.29, 1.82) is 0 Å². The number of pyridine rings is 1. The Hall–Kier alpha value is -2.08. The number of primary amides is 1. The summed E-state index contributed by atoms with van der Waals surface area (Å²) in [5.74, 6) is -1.18. The van der Waals surface area contributed by atoms with Crippen LogP contribution < -0.4 is 11.5 Å². The summed E-state index contributed by atoms with van der Waals surface area (Å²) in [4.78, 5) is 15.8. The molecular formula is C14H14FN3OS. The van der Waals surface area contributed by atoms with Crippen LogP contribution >= 0.6 is 11.8 Å². The van der Waals surface area contributed by atoms with E-state index in [1.165, 1.54) is 6.07 Å². The molecule has 0 aliphatic rings. The average Bonchev–Trinajstić information content (AvgIpc) is 2.30. The lowest BCUT2D eigenvalue weighted by Gasteiger charge is -2.08. The molecule has 4 N–H and O–H groups in total. The standard InChI is InChI=1S/C14H14FN3OS/c1-7-3-8(2)18-13(4-7)20-12-5-9(14(17)19)11(16)6-10(12)15/h3-6H,16H2,1-2H3,(H2,17,19). The minimum Gasteiger partial charge on any atom is -0.398 e. The van der Waals surface area contributed by atoms with Gasteiger partial charge in [0.1, 0.15) is 10.8 Å². The number of nitrogens with zero attached hydrogens (tertiary/aromatic N) is 1. The number of benzene rings is 1. The zero-order chi connectivity index (χ0) is 14.9. The van der Waals surface area contributed by atoms with Gasteiger partial charge in [-0.1, -0.05) is 11.8 Å². The Kier molecular flexibility index (Phi) is 3.94. The van der Waals surface area contributed by atoms with E-state index in [9.17, 15) is 9.18 Å². The van der Waals surface area contributed by atoms with Gasteiger partial charge in [-0.25, -0.2) is 9.37 Å². The number of anilines is 1. The first-order valence-electron chi connectivity index (χ1n) is 5.89. The normalized spacial score (nSPS) is 10.6. The molecule has 1 aromatic carbocycles. The smallest absolute Gasteiger partial charge is 0.250 e. The number of amides is 1. The number of carbonyl (C=O) groups is 1. The van der Waals surface area contributed by atoms with E-state index < -0.39 is 11.7 Å². The molecule has 0 aliphatic heterocycles. The molecule has 6 heteroatoms. The SMILES string of the molecule is Cc1cc(C)nc(Sc2cc(C(N)=O)c(N)cc2F)c1. The van der Waals surface area contributed by atoms with Gasteiger partial charge in [0.15, 0.2) is 0 Å². The maximum atomic E-state index is 13.9. The quantitative estimate of drug-likeness (QED) is 0.852. The van der Waals surface area contributed by atoms with Gasteiger partial charge in [0.05, 0.1) is 10.5 Å². The average molecular weight is 291 g/mol. The fourth-order valence-electron chi connectivity index (χ4n) is 1.83. The largest absolute Gasteiger partial charge is 0.398 e. The van der Waals surface area contributed by atoms with Gasteiger partial charge in [0, 0.05) is 11.4 Å². The van der Waals surface area contributed by atoms with Crippen LogP contribution in [0.25, 0.3) is 0 Å². The Morgan fingerprint density at radius 2 is 1.95 bits per heavy atom. The lowest BCUT2D eigenvalue weighted by molar-refractivity contribution is 0.100. The van der Waals surface area contributed by atoms with Crippen molar-refractivity contribution < 1.29 is 9.18 Å². The Morgan fingerprint density at radius 1 is 1.25 bits per heavy atom. The van der Waals surface area contributed by atoms with Crippen molar-refractivity contribution in [3.05, 3.63) is 46.9 Å². The van der Waals surface area contributed by atoms with Gasteiger partial charge >= 0.3 is 0 Å². The summed E-state index contributed by atoms with van der Waals surface area (Å²) in [6.45, 7) is 3.80. The molecule has 0 fully saturated rings. The number of aromatic nitrogens is 1. The van der Waals surface area contributed by atoms with E-state index in [1.807, 2.05) is 26.0 Å². The molecule has 0 atom stereocenters. The van der Waals surface area contributed by atoms with Crippen LogP contribution in [0, 0.1) is 19.7 Å². The highest BCUT2D eigenvalue weighted by molar-refractivity contribution is 7.99. The van der Waals surface area contributed by atoms with Crippen LogP contribution in [0.4, 0.5) is 10.1 Å². The highest BCUT2D eigenvalue weighted by atomic mass is 32.2. The predicted octanol–water partition coefficient (Wildman–Crippen LogP) is 2.67. The van der Waals surface area contributed by atoms with E-state index in [0.717, 1.165) is 29.1 Å². The second-order valence-corrected chi connectivity index (χ2v) is 5.52. The fourth-order valence-corrected chi connectivity index (χ4v) is 2.82. The van der Waals surface area contributed by atoms with Gasteiger partial charge < -0.3 is 11.5 Å². The highest BCUT2D eigenvalue weighted by Crippen LogP contribution is 2.32. The molecule has 2 aromatic rings. The topological polar surface area (TPSA) is 82.0 Å². The first-order chi connectivity index (χ1) is 9.36. The van der Waals surface area contributed by atoms with Crippen LogP contribution in [0.1, 0.15) is 21.6 Å². The minimum atomic E-state index is -0.683. The molecule has 1 heterocycles. The lowest BCUT2D eigenvalue weighted by Crippen LogP contribution is -2.14. The lowest BCUT2D eigenvalue weighted by atomic mass is 10.1. The third-order valence-electron chi connectivity index (χ3n) is 2.66. The molecule has 0 unspecified atom stereocenters. The molecule has 0 saturated heterocycles. The zero-order valence-electron chi connectivity index (χ0n) is 11.1. The van der Waals surface area contributed by atoms with E-state index >= 15 is 0 Å². The molecular weight excluding hydrogens is 277 g/mol. The van der Waals surface area contributed by atoms with Gasteiger partial charge in [0.25, 0.3) is 5.91 Å². The molecule has 0 radical (unpaired) electrons. The molecule has 1 aromatic heterocycles. The van der Waals surface area contributed by atoms with Crippen molar-refractivity contribution in [1.82, 2.24) is 4.98 Å². The van der Waals surface area contributed by atoms with Crippen LogP contribution in [0.15, 0.2) is 34.2 Å². The van der Waals surface area contributed by atoms with Crippen molar-refractivity contribution in [2.24, 2.45) is 5.73 Å². The second kappa shape index (κ2) is 5.50. The van der Waals surface area contributed by atoms with Crippen LogP contribution in [0.3, 0.4) is 0 Å². The zero-order valence-corrected chi connectivity index (χ0v) is 11.9. The summed E-state index contributed by atoms with van der Waals surface area (Å²) in [5, 5.41) is 0.654. The summed E-state index contributed by atoms with van der Waals surface area (Å²) in [5.41, 5.74) is 12.8. The summed E-state index contributed by atoms with van der Waals surface area (Å²) < 4.78 is 13.9. The molecule has 0 spiro atoms. The Balaban J connectivity index is 2.42. The van der Waals surface area contributed by atoms with Gasteiger partial charge in [-0.15, -0.1) is 0 Å². The van der Waals surface area contributed by atoms with Gasteiger partial charge in [0.2, 0.25) is 0 Å². The van der Waals surface area contributed by atoms with Gasteiger partial charge in [-0.3, -0.25) is 4.79 Å². The van der Waals surface area contributed by atoms with E-state index in [2.05, 4.69) is 4.98 Å². The van der Waals surface area contributed by atoms with Gasteiger partial charge in [-0.05, 0) is 43.7 Å². The maximum Gasteiger partial charge on any atom is 0.250 e. The van der Waals surface area contributed by atoms with Crippen molar-refractivity contribution in [2.45, 2.75) is 23.8 Å². The number of carbonyl (C=O) groups excluding carboxylic acids is 1. The van der Waals surface area contributed by atoms with E-state index in [1.54, 1.807) is 0 Å². The first kappa shape index (κ1) is 14.3. The third kappa shape index (κ3) is 3.08. The number of nitrogen functional groups attached to an aromatic ring is 1. The molecule has 0 saturated carbocycles. The van der Waals surface area contributed by atoms with Crippen molar-refractivity contribution >= 4 is 23.4 Å². The van der Waals surface area contributed by atoms with Crippen molar-refractivity contribution in [3.8, 4) is 0 Å². The van der Waals surface area contributed by atoms with Crippen molar-refractivity contribution in [3.63, 3.8) is 0 Å². The monoisotopic (exact) mass is 291 g/mol.